The fraction of sp³-hybridized carbons (Fsp3) is 0.263. The van der Waals surface area contributed by atoms with Crippen LogP contribution in [0.5, 0.6) is 0 Å². The van der Waals surface area contributed by atoms with Crippen molar-refractivity contribution in [2.45, 2.75) is 18.9 Å². The van der Waals surface area contributed by atoms with E-state index >= 15 is 0 Å². The summed E-state index contributed by atoms with van der Waals surface area (Å²) in [6.07, 6.45) is -1.49. The molecule has 1 aliphatic heterocycles. The van der Waals surface area contributed by atoms with Gasteiger partial charge in [0, 0.05) is 12.7 Å². The van der Waals surface area contributed by atoms with Crippen molar-refractivity contribution in [2.24, 2.45) is 0 Å². The lowest BCUT2D eigenvalue weighted by molar-refractivity contribution is -0.141. The number of aliphatic hydroxyl groups excluding tert-OH is 1. The smallest absolute Gasteiger partial charge is 0.387 e. The van der Waals surface area contributed by atoms with Crippen LogP contribution in [0.3, 0.4) is 0 Å². The first-order valence-corrected chi connectivity index (χ1v) is 9.14. The number of benzene rings is 1. The quantitative estimate of drug-likeness (QED) is 0.627. The molecule has 1 N–H and O–H groups in total. The highest BCUT2D eigenvalue weighted by molar-refractivity contribution is 5.71. The zero-order chi connectivity index (χ0) is 22.2. The molecule has 0 aliphatic carbocycles. The van der Waals surface area contributed by atoms with Gasteiger partial charge in [-0.1, -0.05) is 18.2 Å². The molecule has 0 saturated heterocycles. The van der Waals surface area contributed by atoms with Crippen LogP contribution in [0, 0.1) is 5.82 Å². The third-order valence-electron chi connectivity index (χ3n) is 4.73. The predicted molar refractivity (Wildman–Crippen MR) is 102 cm³/mol. The molecule has 1 aromatic carbocycles. The van der Waals surface area contributed by atoms with Crippen LogP contribution in [0.2, 0.25) is 0 Å². The fourth-order valence-corrected chi connectivity index (χ4v) is 3.19. The van der Waals surface area contributed by atoms with Crippen molar-refractivity contribution < 1.29 is 22.7 Å². The summed E-state index contributed by atoms with van der Waals surface area (Å²) in [5.41, 5.74) is -0.480. The van der Waals surface area contributed by atoms with Gasteiger partial charge in [0.25, 0.3) is 0 Å². The van der Waals surface area contributed by atoms with E-state index in [1.54, 1.807) is 23.1 Å². The molecule has 0 amide bonds. The number of hydrogen-bond donors (Lipinski definition) is 1. The average Bonchev–Trinajstić information content (AvgIpc) is 3.19. The Balaban J connectivity index is 1.49. The Labute approximate surface area is 172 Å². The van der Waals surface area contributed by atoms with Crippen molar-refractivity contribution in [1.29, 1.82) is 0 Å². The second-order valence-electron chi connectivity index (χ2n) is 6.88. The Morgan fingerprint density at radius 3 is 2.52 bits per heavy atom. The van der Waals surface area contributed by atoms with Crippen LogP contribution in [0.1, 0.15) is 11.3 Å². The molecule has 162 valence electrons. The summed E-state index contributed by atoms with van der Waals surface area (Å²) in [6, 6.07) is 6.54. The zero-order valence-corrected chi connectivity index (χ0v) is 15.9. The van der Waals surface area contributed by atoms with E-state index in [4.69, 9.17) is 0 Å². The number of halogens is 4. The van der Waals surface area contributed by atoms with E-state index in [1.165, 1.54) is 12.1 Å². The number of aromatic nitrogens is 5. The first-order valence-electron chi connectivity index (χ1n) is 9.14. The van der Waals surface area contributed by atoms with Crippen molar-refractivity contribution in [3.05, 3.63) is 76.5 Å². The molecule has 0 bridgehead atoms. The summed E-state index contributed by atoms with van der Waals surface area (Å²) >= 11 is 0. The largest absolute Gasteiger partial charge is 0.435 e. The molecule has 0 saturated carbocycles. The third kappa shape index (κ3) is 4.48. The highest BCUT2D eigenvalue weighted by Crippen LogP contribution is 2.27. The van der Waals surface area contributed by atoms with Gasteiger partial charge in [0.05, 0.1) is 12.6 Å². The molecule has 0 radical (unpaired) electrons. The highest BCUT2D eigenvalue weighted by Gasteiger charge is 2.33. The van der Waals surface area contributed by atoms with Crippen molar-refractivity contribution >= 4 is 11.5 Å². The van der Waals surface area contributed by atoms with Crippen LogP contribution in [0.15, 0.2) is 53.7 Å². The molecule has 8 nitrogen and oxygen atoms in total. The van der Waals surface area contributed by atoms with E-state index in [0.717, 1.165) is 27.8 Å². The van der Waals surface area contributed by atoms with Gasteiger partial charge in [-0.05, 0) is 29.3 Å². The van der Waals surface area contributed by atoms with Gasteiger partial charge in [-0.15, -0.1) is 0 Å². The second kappa shape index (κ2) is 7.95. The first kappa shape index (κ1) is 20.7. The Hall–Kier alpha value is -3.54. The molecule has 0 unspecified atom stereocenters. The van der Waals surface area contributed by atoms with Gasteiger partial charge in [-0.3, -0.25) is 9.25 Å². The van der Waals surface area contributed by atoms with E-state index in [2.05, 4.69) is 15.1 Å². The first-order chi connectivity index (χ1) is 14.7. The summed E-state index contributed by atoms with van der Waals surface area (Å²) in [5, 5.41) is 13.8. The van der Waals surface area contributed by atoms with Crippen LogP contribution in [-0.2, 0) is 12.8 Å². The fourth-order valence-electron chi connectivity index (χ4n) is 3.19. The number of aliphatic hydroxyl groups is 1. The minimum atomic E-state index is -4.58. The summed E-state index contributed by atoms with van der Waals surface area (Å²) in [5.74, 6) is -0.305. The number of β-amino-alcohol motifs (C(OH)–C–C–N with tert-alkyl or cyclic N) is 1. The molecule has 2 aromatic heterocycles. The molecule has 3 aromatic rings. The van der Waals surface area contributed by atoms with Crippen LogP contribution in [0.4, 0.5) is 23.5 Å². The van der Waals surface area contributed by atoms with Crippen molar-refractivity contribution in [3.8, 4) is 0 Å². The van der Waals surface area contributed by atoms with Crippen LogP contribution in [-0.4, -0.2) is 48.6 Å². The van der Waals surface area contributed by atoms with Gasteiger partial charge in [0.15, 0.2) is 5.69 Å². The molecule has 0 spiro atoms. The molecular formula is C19H16F4N6O2. The summed E-state index contributed by atoms with van der Waals surface area (Å²) in [6.45, 7) is 0.133. The van der Waals surface area contributed by atoms with Crippen molar-refractivity contribution in [3.63, 3.8) is 0 Å². The van der Waals surface area contributed by atoms with Crippen LogP contribution in [0.25, 0.3) is 5.57 Å². The molecule has 4 rings (SSSR count). The van der Waals surface area contributed by atoms with E-state index < -0.39 is 23.7 Å². The minimum absolute atomic E-state index is 0.0751. The van der Waals surface area contributed by atoms with Crippen molar-refractivity contribution in [2.75, 3.05) is 18.0 Å². The average molecular weight is 436 g/mol. The number of anilines is 1. The molecule has 0 fully saturated rings. The van der Waals surface area contributed by atoms with Gasteiger partial charge < -0.3 is 10.0 Å². The Morgan fingerprint density at radius 2 is 1.90 bits per heavy atom. The zero-order valence-electron chi connectivity index (χ0n) is 15.9. The second-order valence-corrected chi connectivity index (χ2v) is 6.88. The van der Waals surface area contributed by atoms with E-state index in [-0.39, 0.29) is 25.0 Å². The monoisotopic (exact) mass is 436 g/mol. The molecule has 3 heterocycles. The van der Waals surface area contributed by atoms with E-state index in [9.17, 15) is 27.5 Å². The minimum Gasteiger partial charge on any atom is -0.387 e. The van der Waals surface area contributed by atoms with Crippen LogP contribution < -0.4 is 10.6 Å². The van der Waals surface area contributed by atoms with Gasteiger partial charge >= 0.3 is 11.9 Å². The lowest BCUT2D eigenvalue weighted by Crippen LogP contribution is -2.40. The number of alkyl halides is 3. The topological polar surface area (TPSA) is 89.1 Å². The maximum absolute atomic E-state index is 13.1. The Bertz CT molecular complexity index is 1170. The van der Waals surface area contributed by atoms with E-state index in [0.29, 0.717) is 17.7 Å². The lowest BCUT2D eigenvalue weighted by atomic mass is 9.97. The highest BCUT2D eigenvalue weighted by atomic mass is 19.4. The van der Waals surface area contributed by atoms with Gasteiger partial charge in [-0.25, -0.2) is 14.2 Å². The van der Waals surface area contributed by atoms with Gasteiger partial charge in [-0.2, -0.15) is 23.3 Å². The molecule has 1 atom stereocenters. The van der Waals surface area contributed by atoms with Gasteiger partial charge in [0.1, 0.15) is 18.8 Å². The summed E-state index contributed by atoms with van der Waals surface area (Å²) in [7, 11) is 0. The lowest BCUT2D eigenvalue weighted by Gasteiger charge is -2.30. The van der Waals surface area contributed by atoms with E-state index in [1.807, 2.05) is 0 Å². The maximum atomic E-state index is 13.1. The molecule has 12 heteroatoms. The molecular weight excluding hydrogens is 420 g/mol. The number of hydrogen-bond acceptors (Lipinski definition) is 6. The maximum Gasteiger partial charge on any atom is 0.435 e. The molecule has 1 aliphatic rings. The third-order valence-corrected chi connectivity index (χ3v) is 4.73. The Kier molecular flexibility index (Phi) is 5.31. The summed E-state index contributed by atoms with van der Waals surface area (Å²) in [4.78, 5) is 21.8. The standard InChI is InChI=1S/C19H16F4N6O2/c20-13-3-1-12(2-4-13)14-5-7-27(9-15(14)30)17-24-10-28(18(31)25-17)11-29-8-6-16(26-29)19(21,22)23/h1-6,8,10,15,30H,7,9,11H2/t15-/m0/s1. The normalized spacial score (nSPS) is 17.0. The predicted octanol–water partition coefficient (Wildman–Crippen LogP) is 1.76. The SMILES string of the molecule is O=c1nc(N2CC=C(c3ccc(F)cc3)[C@@H](O)C2)ncn1Cn1ccc(C(F)(F)F)n1. The Morgan fingerprint density at radius 1 is 1.16 bits per heavy atom. The molecule has 31 heavy (non-hydrogen) atoms. The number of rotatable bonds is 4. The summed E-state index contributed by atoms with van der Waals surface area (Å²) < 4.78 is 53.0. The van der Waals surface area contributed by atoms with Crippen molar-refractivity contribution in [1.82, 2.24) is 24.3 Å². The number of nitrogens with zero attached hydrogens (tertiary/aromatic N) is 6. The van der Waals surface area contributed by atoms with Crippen LogP contribution >= 0.6 is 0 Å². The van der Waals surface area contributed by atoms with Gasteiger partial charge in [0.2, 0.25) is 5.95 Å².